The van der Waals surface area contributed by atoms with Gasteiger partial charge in [-0.15, -0.1) is 0 Å². The molecule has 0 spiro atoms. The summed E-state index contributed by atoms with van der Waals surface area (Å²) in [7, 11) is 1.57. The Labute approximate surface area is 123 Å². The van der Waals surface area contributed by atoms with Crippen LogP contribution < -0.4 is 10.1 Å². The van der Waals surface area contributed by atoms with Crippen molar-refractivity contribution in [2.75, 3.05) is 12.4 Å². The Balaban J connectivity index is 1.80. The van der Waals surface area contributed by atoms with E-state index in [1.54, 1.807) is 31.4 Å². The maximum absolute atomic E-state index is 12.3. The Hall–Kier alpha value is -2.30. The van der Waals surface area contributed by atoms with Crippen LogP contribution in [0, 0.1) is 5.92 Å². The van der Waals surface area contributed by atoms with E-state index in [2.05, 4.69) is 17.4 Å². The predicted octanol–water partition coefficient (Wildman–Crippen LogP) is 3.06. The number of methoxy groups -OCH3 is 1. The van der Waals surface area contributed by atoms with Crippen molar-refractivity contribution in [2.45, 2.75) is 26.2 Å². The molecular weight excluding hydrogens is 268 g/mol. The number of aromatic nitrogens is 1. The molecule has 5 nitrogen and oxygen atoms in total. The molecule has 1 aromatic heterocycles. The smallest absolute Gasteiger partial charge is 0.258 e. The zero-order valence-electron chi connectivity index (χ0n) is 12.2. The van der Waals surface area contributed by atoms with Gasteiger partial charge in [-0.2, -0.15) is 0 Å². The number of rotatable bonds is 3. The molecule has 0 fully saturated rings. The molecule has 1 unspecified atom stereocenters. The zero-order chi connectivity index (χ0) is 14.8. The summed E-state index contributed by atoms with van der Waals surface area (Å²) in [5.41, 5.74) is 2.53. The highest BCUT2D eigenvalue weighted by atomic mass is 16.5. The summed E-state index contributed by atoms with van der Waals surface area (Å²) >= 11 is 0. The molecular formula is C16H18N2O3. The number of benzene rings is 1. The third-order valence-corrected chi connectivity index (χ3v) is 3.86. The lowest BCUT2D eigenvalue weighted by molar-refractivity contribution is 0.102. The van der Waals surface area contributed by atoms with E-state index in [1.165, 1.54) is 0 Å². The lowest BCUT2D eigenvalue weighted by atomic mass is 9.89. The van der Waals surface area contributed by atoms with Crippen molar-refractivity contribution in [2.24, 2.45) is 5.92 Å². The standard InChI is InChI=1S/C16H18N2O3/c1-10-6-7-14-13(8-10)16(21-18-14)17-15(19)11-4-3-5-12(9-11)20-2/h3-5,9-10H,6-8H2,1-2H3,(H,17,19). The number of hydrogen-bond acceptors (Lipinski definition) is 4. The Kier molecular flexibility index (Phi) is 3.64. The van der Waals surface area contributed by atoms with E-state index in [9.17, 15) is 4.79 Å². The molecule has 5 heteroatoms. The Morgan fingerprint density at radius 2 is 2.33 bits per heavy atom. The van der Waals surface area contributed by atoms with E-state index >= 15 is 0 Å². The molecule has 1 atom stereocenters. The second kappa shape index (κ2) is 5.60. The van der Waals surface area contributed by atoms with Gasteiger partial charge in [0.1, 0.15) is 5.75 Å². The van der Waals surface area contributed by atoms with Crippen molar-refractivity contribution in [1.29, 1.82) is 0 Å². The Bertz CT molecular complexity index is 663. The second-order valence-electron chi connectivity index (χ2n) is 5.47. The van der Waals surface area contributed by atoms with E-state index in [0.717, 1.165) is 30.5 Å². The first-order chi connectivity index (χ1) is 10.2. The van der Waals surface area contributed by atoms with Gasteiger partial charge in [0.2, 0.25) is 5.88 Å². The van der Waals surface area contributed by atoms with Crippen molar-refractivity contribution in [3.05, 3.63) is 41.1 Å². The molecule has 0 saturated heterocycles. The highest BCUT2D eigenvalue weighted by molar-refractivity contribution is 6.04. The second-order valence-corrected chi connectivity index (χ2v) is 5.47. The first-order valence-corrected chi connectivity index (χ1v) is 7.10. The van der Waals surface area contributed by atoms with Gasteiger partial charge >= 0.3 is 0 Å². The summed E-state index contributed by atoms with van der Waals surface area (Å²) in [6, 6.07) is 7.02. The third kappa shape index (κ3) is 2.77. The van der Waals surface area contributed by atoms with Crippen LogP contribution >= 0.6 is 0 Å². The number of ether oxygens (including phenoxy) is 1. The molecule has 1 aliphatic rings. The van der Waals surface area contributed by atoms with E-state index in [1.807, 2.05) is 0 Å². The summed E-state index contributed by atoms with van der Waals surface area (Å²) in [5.74, 6) is 1.50. The van der Waals surface area contributed by atoms with Crippen LogP contribution in [0.15, 0.2) is 28.8 Å². The van der Waals surface area contributed by atoms with Crippen LogP contribution in [0.4, 0.5) is 5.88 Å². The van der Waals surface area contributed by atoms with E-state index in [0.29, 0.717) is 23.1 Å². The van der Waals surface area contributed by atoms with Crippen molar-refractivity contribution in [3.8, 4) is 5.75 Å². The summed E-state index contributed by atoms with van der Waals surface area (Å²) in [6.07, 6.45) is 2.92. The molecule has 1 aliphatic carbocycles. The average molecular weight is 286 g/mol. The van der Waals surface area contributed by atoms with Crippen molar-refractivity contribution in [1.82, 2.24) is 5.16 Å². The van der Waals surface area contributed by atoms with Gasteiger partial charge in [0.25, 0.3) is 5.91 Å². The molecule has 0 radical (unpaired) electrons. The van der Waals surface area contributed by atoms with Crippen LogP contribution in [-0.4, -0.2) is 18.2 Å². The van der Waals surface area contributed by atoms with Crippen LogP contribution in [0.1, 0.15) is 35.0 Å². The molecule has 0 saturated carbocycles. The Morgan fingerprint density at radius 1 is 1.48 bits per heavy atom. The van der Waals surface area contributed by atoms with Crippen LogP contribution in [0.5, 0.6) is 5.75 Å². The number of fused-ring (bicyclic) bond motifs is 1. The summed E-state index contributed by atoms with van der Waals surface area (Å²) in [6.45, 7) is 2.20. The van der Waals surface area contributed by atoms with Gasteiger partial charge in [-0.3, -0.25) is 10.1 Å². The minimum atomic E-state index is -0.217. The summed E-state index contributed by atoms with van der Waals surface area (Å²) < 4.78 is 10.4. The molecule has 1 amide bonds. The summed E-state index contributed by atoms with van der Waals surface area (Å²) in [5, 5.41) is 6.87. The molecule has 1 heterocycles. The fourth-order valence-corrected chi connectivity index (χ4v) is 2.62. The minimum Gasteiger partial charge on any atom is -0.497 e. The Morgan fingerprint density at radius 3 is 3.14 bits per heavy atom. The number of nitrogens with one attached hydrogen (secondary N) is 1. The average Bonchev–Trinajstić information content (AvgIpc) is 2.89. The molecule has 2 aromatic rings. The fraction of sp³-hybridized carbons (Fsp3) is 0.375. The summed E-state index contributed by atoms with van der Waals surface area (Å²) in [4.78, 5) is 12.3. The molecule has 0 bridgehead atoms. The maximum Gasteiger partial charge on any atom is 0.258 e. The number of nitrogens with zero attached hydrogens (tertiary/aromatic N) is 1. The number of carbonyl (C=O) groups excluding carboxylic acids is 1. The lowest BCUT2D eigenvalue weighted by Gasteiger charge is -2.16. The number of amides is 1. The molecule has 3 rings (SSSR count). The monoisotopic (exact) mass is 286 g/mol. The largest absolute Gasteiger partial charge is 0.497 e. The van der Waals surface area contributed by atoms with Crippen LogP contribution in [0.3, 0.4) is 0 Å². The van der Waals surface area contributed by atoms with Gasteiger partial charge in [0.05, 0.1) is 12.8 Å². The number of carbonyl (C=O) groups is 1. The first kappa shape index (κ1) is 13.7. The number of hydrogen-bond donors (Lipinski definition) is 1. The van der Waals surface area contributed by atoms with Gasteiger partial charge in [0, 0.05) is 11.1 Å². The first-order valence-electron chi connectivity index (χ1n) is 7.10. The highest BCUT2D eigenvalue weighted by Gasteiger charge is 2.24. The van der Waals surface area contributed by atoms with Crippen LogP contribution in [-0.2, 0) is 12.8 Å². The maximum atomic E-state index is 12.3. The quantitative estimate of drug-likeness (QED) is 0.941. The van der Waals surface area contributed by atoms with E-state index in [4.69, 9.17) is 9.26 Å². The molecule has 1 aromatic carbocycles. The number of anilines is 1. The van der Waals surface area contributed by atoms with Crippen molar-refractivity contribution >= 4 is 11.8 Å². The topological polar surface area (TPSA) is 64.4 Å². The van der Waals surface area contributed by atoms with Crippen molar-refractivity contribution < 1.29 is 14.1 Å². The van der Waals surface area contributed by atoms with Gasteiger partial charge in [0.15, 0.2) is 0 Å². The zero-order valence-corrected chi connectivity index (χ0v) is 12.2. The SMILES string of the molecule is COc1cccc(C(=O)Nc2onc3c2CC(C)CC3)c1. The predicted molar refractivity (Wildman–Crippen MR) is 78.6 cm³/mol. The fourth-order valence-electron chi connectivity index (χ4n) is 2.62. The van der Waals surface area contributed by atoms with Crippen LogP contribution in [0.2, 0.25) is 0 Å². The third-order valence-electron chi connectivity index (χ3n) is 3.86. The van der Waals surface area contributed by atoms with Gasteiger partial charge in [-0.05, 0) is 43.4 Å². The molecule has 1 N–H and O–H groups in total. The lowest BCUT2D eigenvalue weighted by Crippen LogP contribution is -2.15. The molecule has 0 aliphatic heterocycles. The van der Waals surface area contributed by atoms with Crippen molar-refractivity contribution in [3.63, 3.8) is 0 Å². The van der Waals surface area contributed by atoms with Gasteiger partial charge in [-0.25, -0.2) is 0 Å². The van der Waals surface area contributed by atoms with Crippen LogP contribution in [0.25, 0.3) is 0 Å². The van der Waals surface area contributed by atoms with E-state index in [-0.39, 0.29) is 5.91 Å². The number of aryl methyl sites for hydroxylation is 1. The van der Waals surface area contributed by atoms with Gasteiger partial charge < -0.3 is 9.26 Å². The molecule has 21 heavy (non-hydrogen) atoms. The van der Waals surface area contributed by atoms with E-state index < -0.39 is 0 Å². The van der Waals surface area contributed by atoms with Gasteiger partial charge in [-0.1, -0.05) is 18.1 Å². The highest BCUT2D eigenvalue weighted by Crippen LogP contribution is 2.30. The molecule has 110 valence electrons. The normalized spacial score (nSPS) is 17.1. The minimum absolute atomic E-state index is 0.217.